The Morgan fingerprint density at radius 1 is 0.667 bits per heavy atom. The molecule has 5 rings (SSSR count). The SMILES string of the molecule is NC1[C@H](c2ccccc2)C(C(=O)Oc2ccc3ccccc3c2)[C@H]1c1ccccc1. The molecule has 0 bridgehead atoms. The molecule has 0 radical (unpaired) electrons. The number of rotatable bonds is 4. The quantitative estimate of drug-likeness (QED) is 0.380. The summed E-state index contributed by atoms with van der Waals surface area (Å²) in [5.74, 6) is -0.113. The normalized spacial score (nSPS) is 23.0. The minimum atomic E-state index is -0.323. The Hall–Kier alpha value is -3.43. The average Bonchev–Trinajstić information content (AvgIpc) is 2.78. The second-order valence-electron chi connectivity index (χ2n) is 7.91. The summed E-state index contributed by atoms with van der Waals surface area (Å²) >= 11 is 0. The lowest BCUT2D eigenvalue weighted by Crippen LogP contribution is -2.56. The van der Waals surface area contributed by atoms with E-state index in [1.165, 1.54) is 0 Å². The summed E-state index contributed by atoms with van der Waals surface area (Å²) in [5.41, 5.74) is 8.78. The minimum absolute atomic E-state index is 0.0654. The standard InChI is InChI=1S/C27H23NO2/c28-26-23(19-10-3-1-4-11-19)25(24(26)20-12-5-2-6-13-20)27(29)30-22-16-15-18-9-7-8-14-21(18)17-22/h1-17,23-26H,28H2/t23-,24-,25?,26?/m1/s1. The van der Waals surface area contributed by atoms with Gasteiger partial charge in [-0.05, 0) is 34.0 Å². The highest BCUT2D eigenvalue weighted by atomic mass is 16.5. The number of hydrogen-bond acceptors (Lipinski definition) is 3. The predicted molar refractivity (Wildman–Crippen MR) is 119 cm³/mol. The van der Waals surface area contributed by atoms with Gasteiger partial charge in [0, 0.05) is 17.9 Å². The van der Waals surface area contributed by atoms with Crippen LogP contribution in [0.25, 0.3) is 10.8 Å². The first-order valence-electron chi connectivity index (χ1n) is 10.3. The lowest BCUT2D eigenvalue weighted by atomic mass is 9.56. The Balaban J connectivity index is 1.47. The zero-order chi connectivity index (χ0) is 20.5. The third-order valence-corrected chi connectivity index (χ3v) is 6.18. The summed E-state index contributed by atoms with van der Waals surface area (Å²) in [6, 6.07) is 33.7. The van der Waals surface area contributed by atoms with Crippen molar-refractivity contribution in [2.75, 3.05) is 0 Å². The van der Waals surface area contributed by atoms with Crippen LogP contribution in [0.1, 0.15) is 23.0 Å². The number of carbonyl (C=O) groups excluding carboxylic acids is 1. The van der Waals surface area contributed by atoms with Gasteiger partial charge in [-0.1, -0.05) is 91.0 Å². The molecule has 1 fully saturated rings. The van der Waals surface area contributed by atoms with Crippen molar-refractivity contribution in [3.63, 3.8) is 0 Å². The third kappa shape index (κ3) is 3.27. The molecule has 3 nitrogen and oxygen atoms in total. The van der Waals surface area contributed by atoms with Crippen molar-refractivity contribution in [1.82, 2.24) is 0 Å². The van der Waals surface area contributed by atoms with Crippen molar-refractivity contribution in [3.8, 4) is 5.75 Å². The molecule has 0 aromatic heterocycles. The average molecular weight is 393 g/mol. The molecule has 30 heavy (non-hydrogen) atoms. The molecule has 0 unspecified atom stereocenters. The molecule has 1 aliphatic carbocycles. The van der Waals surface area contributed by atoms with Gasteiger partial charge in [0.1, 0.15) is 5.75 Å². The zero-order valence-electron chi connectivity index (χ0n) is 16.5. The van der Waals surface area contributed by atoms with Gasteiger partial charge in [-0.2, -0.15) is 0 Å². The molecule has 2 N–H and O–H groups in total. The van der Waals surface area contributed by atoms with Crippen LogP contribution in [0.3, 0.4) is 0 Å². The van der Waals surface area contributed by atoms with Gasteiger partial charge in [0.25, 0.3) is 0 Å². The van der Waals surface area contributed by atoms with Crippen LogP contribution in [0, 0.1) is 5.92 Å². The summed E-state index contributed by atoms with van der Waals surface area (Å²) in [7, 11) is 0. The van der Waals surface area contributed by atoms with Crippen molar-refractivity contribution in [3.05, 3.63) is 114 Å². The summed E-state index contributed by atoms with van der Waals surface area (Å²) < 4.78 is 5.88. The van der Waals surface area contributed by atoms with Crippen molar-refractivity contribution < 1.29 is 9.53 Å². The molecule has 3 heteroatoms. The van der Waals surface area contributed by atoms with Gasteiger partial charge < -0.3 is 10.5 Å². The van der Waals surface area contributed by atoms with Crippen molar-refractivity contribution >= 4 is 16.7 Å². The smallest absolute Gasteiger partial charge is 0.315 e. The number of nitrogens with two attached hydrogens (primary N) is 1. The Labute approximate surface area is 176 Å². The van der Waals surface area contributed by atoms with E-state index in [2.05, 4.69) is 0 Å². The van der Waals surface area contributed by atoms with Gasteiger partial charge in [0.15, 0.2) is 0 Å². The van der Waals surface area contributed by atoms with Crippen LogP contribution in [0.4, 0.5) is 0 Å². The van der Waals surface area contributed by atoms with E-state index in [0.29, 0.717) is 5.75 Å². The van der Waals surface area contributed by atoms with Gasteiger partial charge >= 0.3 is 5.97 Å². The van der Waals surface area contributed by atoms with Crippen molar-refractivity contribution in [1.29, 1.82) is 0 Å². The highest BCUT2D eigenvalue weighted by molar-refractivity contribution is 5.85. The molecule has 0 heterocycles. The van der Waals surface area contributed by atoms with E-state index in [1.807, 2.05) is 103 Å². The highest BCUT2D eigenvalue weighted by Gasteiger charge is 2.54. The van der Waals surface area contributed by atoms with Crippen LogP contribution in [-0.2, 0) is 4.79 Å². The summed E-state index contributed by atoms with van der Waals surface area (Å²) in [6.45, 7) is 0. The van der Waals surface area contributed by atoms with Gasteiger partial charge in [-0.25, -0.2) is 0 Å². The fourth-order valence-electron chi connectivity index (χ4n) is 4.70. The maximum Gasteiger partial charge on any atom is 0.315 e. The molecule has 0 aliphatic heterocycles. The van der Waals surface area contributed by atoms with Gasteiger partial charge in [0.2, 0.25) is 0 Å². The first-order chi connectivity index (χ1) is 14.7. The maximum absolute atomic E-state index is 13.4. The molecule has 0 saturated heterocycles. The van der Waals surface area contributed by atoms with Gasteiger partial charge in [-0.15, -0.1) is 0 Å². The van der Waals surface area contributed by atoms with Crippen LogP contribution < -0.4 is 10.5 Å². The van der Waals surface area contributed by atoms with E-state index >= 15 is 0 Å². The van der Waals surface area contributed by atoms with E-state index in [4.69, 9.17) is 10.5 Å². The van der Waals surface area contributed by atoms with Crippen molar-refractivity contribution in [2.45, 2.75) is 17.9 Å². The second-order valence-corrected chi connectivity index (χ2v) is 7.91. The summed E-state index contributed by atoms with van der Waals surface area (Å²) in [4.78, 5) is 13.4. The van der Waals surface area contributed by atoms with E-state index < -0.39 is 0 Å². The van der Waals surface area contributed by atoms with Crippen LogP contribution in [-0.4, -0.2) is 12.0 Å². The third-order valence-electron chi connectivity index (χ3n) is 6.18. The fourth-order valence-corrected chi connectivity index (χ4v) is 4.70. The summed E-state index contributed by atoms with van der Waals surface area (Å²) in [5, 5.41) is 2.17. The molecular weight excluding hydrogens is 370 g/mol. The first-order valence-corrected chi connectivity index (χ1v) is 10.3. The molecule has 0 spiro atoms. The fraction of sp³-hybridized carbons (Fsp3) is 0.148. The van der Waals surface area contributed by atoms with Crippen LogP contribution in [0.2, 0.25) is 0 Å². The molecule has 0 amide bonds. The minimum Gasteiger partial charge on any atom is -0.426 e. The summed E-state index contributed by atoms with van der Waals surface area (Å²) in [6.07, 6.45) is 0. The lowest BCUT2D eigenvalue weighted by Gasteiger charge is -2.49. The van der Waals surface area contributed by atoms with E-state index in [0.717, 1.165) is 21.9 Å². The van der Waals surface area contributed by atoms with Crippen molar-refractivity contribution in [2.24, 2.45) is 11.7 Å². The molecule has 1 aliphatic rings. The molecule has 1 saturated carbocycles. The van der Waals surface area contributed by atoms with Gasteiger partial charge in [0.05, 0.1) is 5.92 Å². The molecule has 148 valence electrons. The number of ether oxygens (including phenoxy) is 1. The number of carbonyl (C=O) groups is 1. The van der Waals surface area contributed by atoms with E-state index in [1.54, 1.807) is 0 Å². The Morgan fingerprint density at radius 2 is 1.20 bits per heavy atom. The topological polar surface area (TPSA) is 52.3 Å². The molecular formula is C27H23NO2. The Kier molecular flexibility index (Phi) is 4.82. The lowest BCUT2D eigenvalue weighted by molar-refractivity contribution is -0.145. The molecule has 4 aromatic rings. The van der Waals surface area contributed by atoms with E-state index in [-0.39, 0.29) is 29.8 Å². The maximum atomic E-state index is 13.4. The van der Waals surface area contributed by atoms with Crippen LogP contribution >= 0.6 is 0 Å². The van der Waals surface area contributed by atoms with E-state index in [9.17, 15) is 4.79 Å². The second kappa shape index (κ2) is 7.77. The largest absolute Gasteiger partial charge is 0.426 e. The molecule has 2 atom stereocenters. The Morgan fingerprint density at radius 3 is 1.80 bits per heavy atom. The number of esters is 1. The predicted octanol–water partition coefficient (Wildman–Crippen LogP) is 5.27. The van der Waals surface area contributed by atoms with Crippen LogP contribution in [0.5, 0.6) is 5.75 Å². The van der Waals surface area contributed by atoms with Gasteiger partial charge in [-0.3, -0.25) is 4.79 Å². The van der Waals surface area contributed by atoms with Crippen LogP contribution in [0.15, 0.2) is 103 Å². The first kappa shape index (κ1) is 18.6. The zero-order valence-corrected chi connectivity index (χ0v) is 16.5. The number of fused-ring (bicyclic) bond motifs is 1. The monoisotopic (exact) mass is 393 g/mol. The number of hydrogen-bond donors (Lipinski definition) is 1. The highest BCUT2D eigenvalue weighted by Crippen LogP contribution is 2.52. The molecule has 4 aromatic carbocycles. The Bertz CT molecular complexity index is 1130. The number of benzene rings is 4.